The van der Waals surface area contributed by atoms with Crippen LogP contribution in [0, 0.1) is 0 Å². The number of likely N-dealkylation sites (N-methyl/N-ethyl adjacent to an activating group) is 1. The van der Waals surface area contributed by atoms with E-state index < -0.39 is 5.97 Å². The van der Waals surface area contributed by atoms with Crippen LogP contribution in [0.25, 0.3) is 0 Å². The van der Waals surface area contributed by atoms with Crippen LogP contribution < -0.4 is 10.2 Å². The van der Waals surface area contributed by atoms with E-state index in [0.29, 0.717) is 22.1 Å². The molecule has 7 nitrogen and oxygen atoms in total. The van der Waals surface area contributed by atoms with Crippen LogP contribution in [-0.4, -0.2) is 60.7 Å². The maximum Gasteiger partial charge on any atom is 0.337 e. The zero-order valence-corrected chi connectivity index (χ0v) is 15.7. The van der Waals surface area contributed by atoms with Crippen molar-refractivity contribution in [3.63, 3.8) is 0 Å². The van der Waals surface area contributed by atoms with E-state index in [9.17, 15) is 4.79 Å². The first-order chi connectivity index (χ1) is 12.6. The van der Waals surface area contributed by atoms with Crippen molar-refractivity contribution in [3.05, 3.63) is 41.2 Å². The number of esters is 1. The van der Waals surface area contributed by atoms with Crippen LogP contribution in [-0.2, 0) is 4.74 Å². The molecule has 0 unspecified atom stereocenters. The van der Waals surface area contributed by atoms with Gasteiger partial charge >= 0.3 is 5.97 Å². The summed E-state index contributed by atoms with van der Waals surface area (Å²) in [4.78, 5) is 25.0. The number of nitrogens with one attached hydrogen (secondary N) is 1. The lowest BCUT2D eigenvalue weighted by molar-refractivity contribution is 0.0601. The Balaban J connectivity index is 1.76. The van der Waals surface area contributed by atoms with Gasteiger partial charge in [-0.2, -0.15) is 0 Å². The van der Waals surface area contributed by atoms with Gasteiger partial charge in [0.1, 0.15) is 18.0 Å². The van der Waals surface area contributed by atoms with Crippen LogP contribution >= 0.6 is 11.6 Å². The molecule has 1 aromatic heterocycles. The van der Waals surface area contributed by atoms with E-state index in [4.69, 9.17) is 16.3 Å². The molecule has 0 spiro atoms. The molecule has 0 amide bonds. The third kappa shape index (κ3) is 4.23. The van der Waals surface area contributed by atoms with Gasteiger partial charge < -0.3 is 19.9 Å². The number of hydrogen-bond donors (Lipinski definition) is 1. The summed E-state index contributed by atoms with van der Waals surface area (Å²) in [6.07, 6.45) is 1.53. The molecule has 0 bridgehead atoms. The third-order valence-corrected chi connectivity index (χ3v) is 4.78. The molecule has 1 fully saturated rings. The average Bonchev–Trinajstić information content (AvgIpc) is 2.69. The average molecular weight is 376 g/mol. The summed E-state index contributed by atoms with van der Waals surface area (Å²) < 4.78 is 4.75. The number of anilines is 3. The molecule has 0 aliphatic carbocycles. The third-order valence-electron chi connectivity index (χ3n) is 4.45. The molecule has 0 saturated carbocycles. The van der Waals surface area contributed by atoms with Crippen LogP contribution in [0.3, 0.4) is 0 Å². The zero-order valence-electron chi connectivity index (χ0n) is 14.9. The summed E-state index contributed by atoms with van der Waals surface area (Å²) in [6, 6.07) is 6.82. The van der Waals surface area contributed by atoms with E-state index in [1.165, 1.54) is 13.4 Å². The monoisotopic (exact) mass is 375 g/mol. The van der Waals surface area contributed by atoms with Gasteiger partial charge in [0.25, 0.3) is 0 Å². The molecule has 2 heterocycles. The molecule has 1 aromatic carbocycles. The minimum absolute atomic E-state index is 0.415. The Labute approximate surface area is 157 Å². The van der Waals surface area contributed by atoms with Crippen molar-refractivity contribution in [2.24, 2.45) is 0 Å². The van der Waals surface area contributed by atoms with Crippen molar-refractivity contribution in [2.75, 3.05) is 50.1 Å². The second-order valence-electron chi connectivity index (χ2n) is 5.99. The lowest BCUT2D eigenvalue weighted by atomic mass is 10.2. The molecule has 1 aliphatic rings. The van der Waals surface area contributed by atoms with Crippen LogP contribution in [0.2, 0.25) is 5.02 Å². The number of methoxy groups -OCH3 is 1. The van der Waals surface area contributed by atoms with Gasteiger partial charge in [0, 0.05) is 32.2 Å². The highest BCUT2D eigenvalue weighted by Gasteiger charge is 2.17. The predicted octanol–water partition coefficient (Wildman–Crippen LogP) is 2.80. The van der Waals surface area contributed by atoms with E-state index in [-0.39, 0.29) is 0 Å². The van der Waals surface area contributed by atoms with Crippen molar-refractivity contribution < 1.29 is 9.53 Å². The smallest absolute Gasteiger partial charge is 0.337 e. The molecule has 0 atom stereocenters. The van der Waals surface area contributed by atoms with Gasteiger partial charge in [-0.15, -0.1) is 0 Å². The second-order valence-corrected chi connectivity index (χ2v) is 6.40. The van der Waals surface area contributed by atoms with Crippen molar-refractivity contribution in [1.82, 2.24) is 14.9 Å². The van der Waals surface area contributed by atoms with Crippen LogP contribution in [0.1, 0.15) is 17.3 Å². The Morgan fingerprint density at radius 1 is 1.23 bits per heavy atom. The molecular weight excluding hydrogens is 354 g/mol. The van der Waals surface area contributed by atoms with Crippen molar-refractivity contribution in [1.29, 1.82) is 0 Å². The summed E-state index contributed by atoms with van der Waals surface area (Å²) in [5.41, 5.74) is 1.01. The topological polar surface area (TPSA) is 70.6 Å². The second kappa shape index (κ2) is 8.33. The van der Waals surface area contributed by atoms with E-state index in [0.717, 1.165) is 38.5 Å². The number of ether oxygens (including phenoxy) is 1. The normalized spacial score (nSPS) is 15.0. The summed E-state index contributed by atoms with van der Waals surface area (Å²) in [6.45, 7) is 7.16. The first kappa shape index (κ1) is 18.4. The molecule has 3 rings (SSSR count). The first-order valence-electron chi connectivity index (χ1n) is 8.55. The fourth-order valence-corrected chi connectivity index (χ4v) is 3.05. The van der Waals surface area contributed by atoms with Crippen LogP contribution in [0.15, 0.2) is 30.6 Å². The van der Waals surface area contributed by atoms with Gasteiger partial charge in [0.2, 0.25) is 0 Å². The summed E-state index contributed by atoms with van der Waals surface area (Å²) in [7, 11) is 1.35. The maximum atomic E-state index is 11.7. The van der Waals surface area contributed by atoms with Gasteiger partial charge in [-0.05, 0) is 24.7 Å². The highest BCUT2D eigenvalue weighted by atomic mass is 35.5. The molecule has 8 heteroatoms. The van der Waals surface area contributed by atoms with Gasteiger partial charge in [-0.1, -0.05) is 18.5 Å². The molecule has 1 N–H and O–H groups in total. The molecule has 0 radical (unpaired) electrons. The number of rotatable bonds is 5. The SMILES string of the molecule is CCN1CCN(c2cc(Nc3cc(C(=O)OC)ccc3Cl)ncn2)CC1. The van der Waals surface area contributed by atoms with Gasteiger partial charge in [0.05, 0.1) is 23.4 Å². The Morgan fingerprint density at radius 3 is 2.69 bits per heavy atom. The fraction of sp³-hybridized carbons (Fsp3) is 0.389. The minimum Gasteiger partial charge on any atom is -0.465 e. The Morgan fingerprint density at radius 2 is 2.00 bits per heavy atom. The number of nitrogens with zero attached hydrogens (tertiary/aromatic N) is 4. The summed E-state index contributed by atoms with van der Waals surface area (Å²) in [5.74, 6) is 1.08. The zero-order chi connectivity index (χ0) is 18.5. The molecule has 1 saturated heterocycles. The molecule has 1 aliphatic heterocycles. The Kier molecular flexibility index (Phi) is 5.90. The molecule has 2 aromatic rings. The predicted molar refractivity (Wildman–Crippen MR) is 102 cm³/mol. The van der Waals surface area contributed by atoms with E-state index in [1.807, 2.05) is 6.07 Å². The first-order valence-corrected chi connectivity index (χ1v) is 8.92. The number of carbonyl (C=O) groups is 1. The number of hydrogen-bond acceptors (Lipinski definition) is 7. The standard InChI is InChI=1S/C18H22ClN5O2/c1-3-23-6-8-24(9-7-23)17-11-16(20-12-21-17)22-15-10-13(18(25)26-2)4-5-14(15)19/h4-5,10-12H,3,6-9H2,1-2H3,(H,20,21,22). The summed E-state index contributed by atoms with van der Waals surface area (Å²) in [5, 5.41) is 3.66. The van der Waals surface area contributed by atoms with Crippen molar-refractivity contribution >= 4 is 34.9 Å². The highest BCUT2D eigenvalue weighted by Crippen LogP contribution is 2.27. The van der Waals surface area contributed by atoms with E-state index in [1.54, 1.807) is 18.2 Å². The van der Waals surface area contributed by atoms with E-state index in [2.05, 4.69) is 32.0 Å². The number of carbonyl (C=O) groups excluding carboxylic acids is 1. The Bertz CT molecular complexity index is 778. The molecule has 26 heavy (non-hydrogen) atoms. The van der Waals surface area contributed by atoms with Gasteiger partial charge in [-0.25, -0.2) is 14.8 Å². The van der Waals surface area contributed by atoms with E-state index >= 15 is 0 Å². The maximum absolute atomic E-state index is 11.7. The van der Waals surface area contributed by atoms with Gasteiger partial charge in [-0.3, -0.25) is 0 Å². The number of aromatic nitrogens is 2. The molecule has 138 valence electrons. The molecular formula is C18H22ClN5O2. The Hall–Kier alpha value is -2.38. The number of halogens is 1. The number of benzene rings is 1. The highest BCUT2D eigenvalue weighted by molar-refractivity contribution is 6.33. The minimum atomic E-state index is -0.415. The lowest BCUT2D eigenvalue weighted by Gasteiger charge is -2.34. The van der Waals surface area contributed by atoms with Crippen molar-refractivity contribution in [3.8, 4) is 0 Å². The number of piperazine rings is 1. The fourth-order valence-electron chi connectivity index (χ4n) is 2.89. The lowest BCUT2D eigenvalue weighted by Crippen LogP contribution is -2.46. The summed E-state index contributed by atoms with van der Waals surface area (Å²) >= 11 is 6.24. The van der Waals surface area contributed by atoms with Crippen molar-refractivity contribution in [2.45, 2.75) is 6.92 Å². The van der Waals surface area contributed by atoms with Crippen LogP contribution in [0.4, 0.5) is 17.3 Å². The quantitative estimate of drug-likeness (QED) is 0.805. The van der Waals surface area contributed by atoms with Crippen LogP contribution in [0.5, 0.6) is 0 Å². The largest absolute Gasteiger partial charge is 0.465 e. The van der Waals surface area contributed by atoms with Gasteiger partial charge in [0.15, 0.2) is 0 Å².